The molecule has 1 atom stereocenters. The molecule has 0 bridgehead atoms. The van der Waals surface area contributed by atoms with Crippen LogP contribution in [0.25, 0.3) is 0 Å². The lowest BCUT2D eigenvalue weighted by Gasteiger charge is -2.16. The monoisotopic (exact) mass is 314 g/mol. The molecule has 21 heavy (non-hydrogen) atoms. The highest BCUT2D eigenvalue weighted by atomic mass is 35.5. The second kappa shape index (κ2) is 6.45. The lowest BCUT2D eigenvalue weighted by molar-refractivity contribution is -0.137. The number of hydrogen-bond acceptors (Lipinski definition) is 2. The second-order valence-electron chi connectivity index (χ2n) is 4.64. The Hall–Kier alpha value is -1.59. The van der Waals surface area contributed by atoms with Gasteiger partial charge in [0.2, 0.25) is 0 Å². The lowest BCUT2D eigenvalue weighted by Crippen LogP contribution is -2.20. The number of aromatic nitrogens is 1. The molecule has 0 spiro atoms. The van der Waals surface area contributed by atoms with Crippen molar-refractivity contribution in [3.8, 4) is 0 Å². The highest BCUT2D eigenvalue weighted by Gasteiger charge is 2.30. The molecule has 0 aliphatic carbocycles. The standard InChI is InChI=1S/C15H14ClF3N2/c1-20-14(8-10-2-5-12(16)6-3-10)13-7-4-11(9-21-13)15(17,18)19/h2-7,9,14,20H,8H2,1H3. The van der Waals surface area contributed by atoms with Gasteiger partial charge in [0.15, 0.2) is 0 Å². The van der Waals surface area contributed by atoms with Gasteiger partial charge in [-0.1, -0.05) is 23.7 Å². The summed E-state index contributed by atoms with van der Waals surface area (Å²) in [7, 11) is 1.75. The third-order valence-electron chi connectivity index (χ3n) is 3.17. The van der Waals surface area contributed by atoms with Crippen molar-refractivity contribution in [3.63, 3.8) is 0 Å². The van der Waals surface area contributed by atoms with Crippen molar-refractivity contribution in [3.05, 3.63) is 64.4 Å². The normalized spacial score (nSPS) is 13.2. The van der Waals surface area contributed by atoms with Gasteiger partial charge in [0, 0.05) is 11.2 Å². The molecule has 6 heteroatoms. The van der Waals surface area contributed by atoms with E-state index in [1.54, 1.807) is 19.2 Å². The molecule has 0 amide bonds. The summed E-state index contributed by atoms with van der Waals surface area (Å²) in [5, 5.41) is 3.71. The van der Waals surface area contributed by atoms with E-state index in [1.807, 2.05) is 12.1 Å². The predicted octanol–water partition coefficient (Wildman–Crippen LogP) is 4.26. The van der Waals surface area contributed by atoms with Crippen molar-refractivity contribution in [2.45, 2.75) is 18.6 Å². The van der Waals surface area contributed by atoms with Crippen LogP contribution >= 0.6 is 11.6 Å². The van der Waals surface area contributed by atoms with Crippen molar-refractivity contribution in [1.82, 2.24) is 10.3 Å². The number of hydrogen-bond donors (Lipinski definition) is 1. The summed E-state index contributed by atoms with van der Waals surface area (Å²) in [6.45, 7) is 0. The number of alkyl halides is 3. The fourth-order valence-electron chi connectivity index (χ4n) is 1.99. The Bertz CT molecular complexity index is 579. The Morgan fingerprint density at radius 1 is 1.14 bits per heavy atom. The van der Waals surface area contributed by atoms with Crippen LogP contribution in [0.1, 0.15) is 22.9 Å². The molecule has 0 aliphatic rings. The largest absolute Gasteiger partial charge is 0.417 e. The molecule has 0 saturated heterocycles. The molecule has 0 saturated carbocycles. The number of benzene rings is 1. The maximum atomic E-state index is 12.5. The molecule has 1 unspecified atom stereocenters. The van der Waals surface area contributed by atoms with Crippen LogP contribution in [0, 0.1) is 0 Å². The minimum absolute atomic E-state index is 0.159. The van der Waals surface area contributed by atoms with Crippen molar-refractivity contribution in [2.75, 3.05) is 7.05 Å². The zero-order chi connectivity index (χ0) is 15.5. The van der Waals surface area contributed by atoms with Gasteiger partial charge < -0.3 is 5.32 Å². The van der Waals surface area contributed by atoms with Gasteiger partial charge in [-0.15, -0.1) is 0 Å². The SMILES string of the molecule is CNC(Cc1ccc(Cl)cc1)c1ccc(C(F)(F)F)cn1. The molecule has 0 aliphatic heterocycles. The molecule has 2 nitrogen and oxygen atoms in total. The van der Waals surface area contributed by atoms with Crippen LogP contribution in [0.2, 0.25) is 5.02 Å². The zero-order valence-corrected chi connectivity index (χ0v) is 12.0. The zero-order valence-electron chi connectivity index (χ0n) is 11.3. The van der Waals surface area contributed by atoms with E-state index in [0.29, 0.717) is 17.1 Å². The predicted molar refractivity (Wildman–Crippen MR) is 76.2 cm³/mol. The Labute approximate surface area is 126 Å². The van der Waals surface area contributed by atoms with Crippen LogP contribution < -0.4 is 5.32 Å². The van der Waals surface area contributed by atoms with Gasteiger partial charge >= 0.3 is 6.18 Å². The topological polar surface area (TPSA) is 24.9 Å². The van der Waals surface area contributed by atoms with Crippen LogP contribution in [0.5, 0.6) is 0 Å². The quantitative estimate of drug-likeness (QED) is 0.912. The molecule has 2 aromatic rings. The van der Waals surface area contributed by atoms with Crippen LogP contribution in [-0.4, -0.2) is 12.0 Å². The van der Waals surface area contributed by atoms with E-state index in [4.69, 9.17) is 11.6 Å². The Balaban J connectivity index is 2.15. The van der Waals surface area contributed by atoms with E-state index in [9.17, 15) is 13.2 Å². The number of halogens is 4. The third kappa shape index (κ3) is 4.19. The molecule has 0 radical (unpaired) electrons. The van der Waals surface area contributed by atoms with Gasteiger partial charge in [-0.25, -0.2) is 0 Å². The highest BCUT2D eigenvalue weighted by Crippen LogP contribution is 2.29. The molecular formula is C15H14ClF3N2. The number of pyridine rings is 1. The first kappa shape index (κ1) is 15.8. The average molecular weight is 315 g/mol. The van der Waals surface area contributed by atoms with E-state index in [2.05, 4.69) is 10.3 Å². The van der Waals surface area contributed by atoms with Gasteiger partial charge in [0.1, 0.15) is 0 Å². The van der Waals surface area contributed by atoms with Gasteiger partial charge in [0.05, 0.1) is 17.3 Å². The van der Waals surface area contributed by atoms with E-state index >= 15 is 0 Å². The smallest absolute Gasteiger partial charge is 0.311 e. The first-order valence-electron chi connectivity index (χ1n) is 6.35. The van der Waals surface area contributed by atoms with Crippen molar-refractivity contribution in [2.24, 2.45) is 0 Å². The Morgan fingerprint density at radius 2 is 1.81 bits per heavy atom. The third-order valence-corrected chi connectivity index (χ3v) is 3.42. The lowest BCUT2D eigenvalue weighted by atomic mass is 10.0. The summed E-state index contributed by atoms with van der Waals surface area (Å²) in [5.41, 5.74) is 0.855. The molecule has 1 aromatic heterocycles. The molecule has 1 aromatic carbocycles. The highest BCUT2D eigenvalue weighted by molar-refractivity contribution is 6.30. The van der Waals surface area contributed by atoms with Gasteiger partial charge in [-0.3, -0.25) is 4.98 Å². The van der Waals surface area contributed by atoms with Crippen LogP contribution in [0.4, 0.5) is 13.2 Å². The van der Waals surface area contributed by atoms with E-state index in [1.165, 1.54) is 6.07 Å². The molecule has 2 rings (SSSR count). The number of nitrogens with zero attached hydrogens (tertiary/aromatic N) is 1. The van der Waals surface area contributed by atoms with E-state index in [0.717, 1.165) is 17.8 Å². The minimum Gasteiger partial charge on any atom is -0.311 e. The number of likely N-dealkylation sites (N-methyl/N-ethyl adjacent to an activating group) is 1. The van der Waals surface area contributed by atoms with Crippen molar-refractivity contribution >= 4 is 11.6 Å². The molecular weight excluding hydrogens is 301 g/mol. The Kier molecular flexibility index (Phi) is 4.85. The van der Waals surface area contributed by atoms with Crippen molar-refractivity contribution < 1.29 is 13.2 Å². The number of nitrogens with one attached hydrogen (secondary N) is 1. The maximum Gasteiger partial charge on any atom is 0.417 e. The Morgan fingerprint density at radius 3 is 2.29 bits per heavy atom. The summed E-state index contributed by atoms with van der Waals surface area (Å²) in [6, 6.07) is 9.63. The van der Waals surface area contributed by atoms with Gasteiger partial charge in [-0.05, 0) is 43.3 Å². The molecule has 1 N–H and O–H groups in total. The van der Waals surface area contributed by atoms with Gasteiger partial charge in [-0.2, -0.15) is 13.2 Å². The van der Waals surface area contributed by atoms with Crippen LogP contribution in [0.15, 0.2) is 42.6 Å². The van der Waals surface area contributed by atoms with Crippen molar-refractivity contribution in [1.29, 1.82) is 0 Å². The number of rotatable bonds is 4. The first-order chi connectivity index (χ1) is 9.90. The average Bonchev–Trinajstić information content (AvgIpc) is 2.46. The fourth-order valence-corrected chi connectivity index (χ4v) is 2.12. The first-order valence-corrected chi connectivity index (χ1v) is 6.73. The molecule has 1 heterocycles. The minimum atomic E-state index is -4.36. The van der Waals surface area contributed by atoms with Crippen LogP contribution in [0.3, 0.4) is 0 Å². The van der Waals surface area contributed by atoms with Gasteiger partial charge in [0.25, 0.3) is 0 Å². The molecule has 112 valence electrons. The summed E-state index contributed by atoms with van der Waals surface area (Å²) in [4.78, 5) is 3.92. The fraction of sp³-hybridized carbons (Fsp3) is 0.267. The van der Waals surface area contributed by atoms with Crippen LogP contribution in [-0.2, 0) is 12.6 Å². The summed E-state index contributed by atoms with van der Waals surface area (Å²) in [5.74, 6) is 0. The summed E-state index contributed by atoms with van der Waals surface area (Å²) < 4.78 is 37.6. The maximum absolute atomic E-state index is 12.5. The van der Waals surface area contributed by atoms with E-state index in [-0.39, 0.29) is 6.04 Å². The molecule has 0 fully saturated rings. The van der Waals surface area contributed by atoms with E-state index < -0.39 is 11.7 Å². The summed E-state index contributed by atoms with van der Waals surface area (Å²) in [6.07, 6.45) is -2.88. The summed E-state index contributed by atoms with van der Waals surface area (Å²) >= 11 is 5.82. The second-order valence-corrected chi connectivity index (χ2v) is 5.08.